The van der Waals surface area contributed by atoms with Crippen molar-refractivity contribution in [2.45, 2.75) is 84.5 Å². The molecule has 0 aromatic heterocycles. The summed E-state index contributed by atoms with van der Waals surface area (Å²) in [7, 11) is 0. The zero-order valence-corrected chi connectivity index (χ0v) is 13.2. The molecule has 1 heterocycles. The van der Waals surface area contributed by atoms with Crippen LogP contribution in [0.15, 0.2) is 0 Å². The zero-order valence-electron chi connectivity index (χ0n) is 13.2. The maximum atomic E-state index is 12.8. The monoisotopic (exact) mass is 266 g/mol. The molecular weight excluding hydrogens is 236 g/mol. The second-order valence-electron chi connectivity index (χ2n) is 7.12. The van der Waals surface area contributed by atoms with Gasteiger partial charge in [-0.1, -0.05) is 27.2 Å². The van der Waals surface area contributed by atoms with Gasteiger partial charge in [0.05, 0.1) is 11.7 Å². The second-order valence-corrected chi connectivity index (χ2v) is 7.12. The van der Waals surface area contributed by atoms with Crippen molar-refractivity contribution in [1.82, 2.24) is 10.2 Å². The number of hydrogen-bond donors (Lipinski definition) is 1. The Labute approximate surface area is 118 Å². The van der Waals surface area contributed by atoms with Gasteiger partial charge >= 0.3 is 0 Å². The van der Waals surface area contributed by atoms with Crippen LogP contribution in [0.1, 0.15) is 66.7 Å². The van der Waals surface area contributed by atoms with Crippen LogP contribution in [0.2, 0.25) is 0 Å². The summed E-state index contributed by atoms with van der Waals surface area (Å²) in [5.74, 6) is 1.65. The van der Waals surface area contributed by atoms with Crippen molar-refractivity contribution in [3.8, 4) is 0 Å². The van der Waals surface area contributed by atoms with Gasteiger partial charge in [-0.05, 0) is 51.4 Å². The normalized spacial score (nSPS) is 33.9. The van der Waals surface area contributed by atoms with Crippen LogP contribution < -0.4 is 5.32 Å². The lowest BCUT2D eigenvalue weighted by Crippen LogP contribution is -2.48. The van der Waals surface area contributed by atoms with Crippen LogP contribution in [0.3, 0.4) is 0 Å². The number of carbonyl (C=O) groups is 1. The van der Waals surface area contributed by atoms with Crippen molar-refractivity contribution in [2.24, 2.45) is 11.8 Å². The quantitative estimate of drug-likeness (QED) is 0.829. The molecule has 3 unspecified atom stereocenters. The average molecular weight is 266 g/mol. The van der Waals surface area contributed by atoms with Gasteiger partial charge < -0.3 is 4.90 Å². The van der Waals surface area contributed by atoms with E-state index < -0.39 is 0 Å². The van der Waals surface area contributed by atoms with Crippen LogP contribution in [0.25, 0.3) is 0 Å². The standard InChI is InChI=1S/C16H30N2O/c1-6-16(5)15(19)18(12(4)13-8-7-9-13)14(17-16)10-11(2)3/h11-14,17H,6-10H2,1-5H3. The van der Waals surface area contributed by atoms with E-state index in [-0.39, 0.29) is 11.7 Å². The molecule has 110 valence electrons. The maximum absolute atomic E-state index is 12.8. The Morgan fingerprint density at radius 2 is 2.00 bits per heavy atom. The second kappa shape index (κ2) is 5.43. The maximum Gasteiger partial charge on any atom is 0.244 e. The molecule has 19 heavy (non-hydrogen) atoms. The van der Waals surface area contributed by atoms with E-state index in [1.165, 1.54) is 19.3 Å². The third-order valence-corrected chi connectivity index (χ3v) is 5.20. The Morgan fingerprint density at radius 3 is 2.42 bits per heavy atom. The highest BCUT2D eigenvalue weighted by Gasteiger charge is 2.49. The molecule has 2 fully saturated rings. The fourth-order valence-corrected chi connectivity index (χ4v) is 3.42. The third kappa shape index (κ3) is 2.67. The van der Waals surface area contributed by atoms with Gasteiger partial charge in [-0.15, -0.1) is 0 Å². The number of amides is 1. The summed E-state index contributed by atoms with van der Waals surface area (Å²) >= 11 is 0. The van der Waals surface area contributed by atoms with Crippen molar-refractivity contribution in [2.75, 3.05) is 0 Å². The average Bonchev–Trinajstić information content (AvgIpc) is 2.48. The highest BCUT2D eigenvalue weighted by atomic mass is 16.2. The number of nitrogens with one attached hydrogen (secondary N) is 1. The molecule has 3 heteroatoms. The van der Waals surface area contributed by atoms with E-state index in [9.17, 15) is 4.79 Å². The lowest BCUT2D eigenvalue weighted by atomic mass is 9.79. The Morgan fingerprint density at radius 1 is 1.37 bits per heavy atom. The molecule has 1 saturated heterocycles. The van der Waals surface area contributed by atoms with Crippen molar-refractivity contribution >= 4 is 5.91 Å². The van der Waals surface area contributed by atoms with Gasteiger partial charge in [0.2, 0.25) is 5.91 Å². The van der Waals surface area contributed by atoms with Crippen LogP contribution in [-0.4, -0.2) is 28.6 Å². The van der Waals surface area contributed by atoms with E-state index in [0.29, 0.717) is 17.9 Å². The van der Waals surface area contributed by atoms with Crippen molar-refractivity contribution < 1.29 is 4.79 Å². The fourth-order valence-electron chi connectivity index (χ4n) is 3.42. The first kappa shape index (κ1) is 14.8. The molecule has 1 aliphatic heterocycles. The minimum absolute atomic E-state index is 0.230. The van der Waals surface area contributed by atoms with Crippen molar-refractivity contribution in [3.63, 3.8) is 0 Å². The van der Waals surface area contributed by atoms with Gasteiger partial charge in [0, 0.05) is 6.04 Å². The molecule has 0 radical (unpaired) electrons. The van der Waals surface area contributed by atoms with Crippen molar-refractivity contribution in [3.05, 3.63) is 0 Å². The summed E-state index contributed by atoms with van der Waals surface area (Å²) in [6.45, 7) is 10.9. The highest BCUT2D eigenvalue weighted by molar-refractivity contribution is 5.88. The number of rotatable bonds is 5. The fraction of sp³-hybridized carbons (Fsp3) is 0.938. The first-order valence-corrected chi connectivity index (χ1v) is 7.99. The first-order chi connectivity index (χ1) is 8.89. The highest BCUT2D eigenvalue weighted by Crippen LogP contribution is 2.37. The smallest absolute Gasteiger partial charge is 0.244 e. The largest absolute Gasteiger partial charge is 0.323 e. The summed E-state index contributed by atoms with van der Waals surface area (Å²) in [5, 5.41) is 3.61. The zero-order chi connectivity index (χ0) is 14.2. The Bertz CT molecular complexity index is 338. The molecule has 1 amide bonds. The number of nitrogens with zero attached hydrogens (tertiary/aromatic N) is 1. The summed E-state index contributed by atoms with van der Waals surface area (Å²) in [5.41, 5.74) is -0.350. The van der Waals surface area contributed by atoms with Gasteiger partial charge in [0.1, 0.15) is 0 Å². The van der Waals surface area contributed by atoms with Gasteiger partial charge in [-0.25, -0.2) is 0 Å². The van der Waals surface area contributed by atoms with E-state index in [0.717, 1.165) is 18.8 Å². The van der Waals surface area contributed by atoms with Crippen LogP contribution in [0.5, 0.6) is 0 Å². The van der Waals surface area contributed by atoms with Crippen LogP contribution >= 0.6 is 0 Å². The van der Waals surface area contributed by atoms with Gasteiger partial charge in [0.25, 0.3) is 0 Å². The topological polar surface area (TPSA) is 32.3 Å². The molecule has 0 aromatic rings. The minimum atomic E-state index is -0.350. The van der Waals surface area contributed by atoms with E-state index in [1.807, 2.05) is 0 Å². The molecule has 0 spiro atoms. The molecule has 3 atom stereocenters. The van der Waals surface area contributed by atoms with Crippen molar-refractivity contribution in [1.29, 1.82) is 0 Å². The summed E-state index contributed by atoms with van der Waals surface area (Å²) < 4.78 is 0. The molecule has 2 rings (SSSR count). The van der Waals surface area contributed by atoms with Gasteiger partial charge in [0.15, 0.2) is 0 Å². The summed E-state index contributed by atoms with van der Waals surface area (Å²) in [6.07, 6.45) is 6.08. The number of hydrogen-bond acceptors (Lipinski definition) is 2. The first-order valence-electron chi connectivity index (χ1n) is 7.99. The predicted octanol–water partition coefficient (Wildman–Crippen LogP) is 3.15. The summed E-state index contributed by atoms with van der Waals surface area (Å²) in [4.78, 5) is 15.0. The lowest BCUT2D eigenvalue weighted by molar-refractivity contribution is -0.136. The Balaban J connectivity index is 2.17. The molecule has 2 aliphatic rings. The van der Waals surface area contributed by atoms with E-state index in [2.05, 4.69) is 44.8 Å². The molecule has 1 aliphatic carbocycles. The minimum Gasteiger partial charge on any atom is -0.323 e. The van der Waals surface area contributed by atoms with E-state index >= 15 is 0 Å². The van der Waals surface area contributed by atoms with Gasteiger partial charge in [-0.3, -0.25) is 10.1 Å². The molecule has 1 N–H and O–H groups in total. The molecular formula is C16H30N2O. The van der Waals surface area contributed by atoms with Crippen LogP contribution in [0, 0.1) is 11.8 Å². The van der Waals surface area contributed by atoms with Crippen LogP contribution in [0.4, 0.5) is 0 Å². The third-order valence-electron chi connectivity index (χ3n) is 5.20. The van der Waals surface area contributed by atoms with E-state index in [4.69, 9.17) is 0 Å². The predicted molar refractivity (Wildman–Crippen MR) is 78.7 cm³/mol. The number of carbonyl (C=O) groups excluding carboxylic acids is 1. The lowest BCUT2D eigenvalue weighted by Gasteiger charge is -2.40. The molecule has 0 aromatic carbocycles. The van der Waals surface area contributed by atoms with Gasteiger partial charge in [-0.2, -0.15) is 0 Å². The van der Waals surface area contributed by atoms with Crippen LogP contribution in [-0.2, 0) is 4.79 Å². The Kier molecular flexibility index (Phi) is 4.24. The SMILES string of the molecule is CCC1(C)NC(CC(C)C)N(C(C)C2CCC2)C1=O. The molecule has 3 nitrogen and oxygen atoms in total. The molecule has 1 saturated carbocycles. The summed E-state index contributed by atoms with van der Waals surface area (Å²) in [6, 6.07) is 0.394. The Hall–Kier alpha value is -0.570. The molecule has 0 bridgehead atoms. The van der Waals surface area contributed by atoms with E-state index in [1.54, 1.807) is 0 Å².